The van der Waals surface area contributed by atoms with Gasteiger partial charge < -0.3 is 24.7 Å². The van der Waals surface area contributed by atoms with Crippen molar-refractivity contribution in [3.05, 3.63) is 0 Å². The van der Waals surface area contributed by atoms with Gasteiger partial charge in [-0.2, -0.15) is 0 Å². The number of fused-ring (bicyclic) bond motifs is 1. The van der Waals surface area contributed by atoms with Crippen molar-refractivity contribution >= 4 is 14.6 Å². The Bertz CT molecular complexity index is 301. The minimum atomic E-state index is -2.27. The normalized spacial score (nSPS) is 36.4. The van der Waals surface area contributed by atoms with Gasteiger partial charge in [-0.15, -0.1) is 0 Å². The van der Waals surface area contributed by atoms with E-state index in [1.807, 2.05) is 0 Å². The van der Waals surface area contributed by atoms with E-state index < -0.39 is 20.6 Å². The molecular weight excluding hydrogens is 257 g/mol. The summed E-state index contributed by atoms with van der Waals surface area (Å²) in [4.78, 5) is 28.5. The molecule has 6 nitrogen and oxygen atoms in total. The number of carbonyl (C=O) groups is 1. The van der Waals surface area contributed by atoms with Crippen molar-refractivity contribution in [1.82, 2.24) is 5.32 Å². The summed E-state index contributed by atoms with van der Waals surface area (Å²) in [5, 5.41) is 12.1. The molecule has 0 aromatic rings. The van der Waals surface area contributed by atoms with E-state index in [1.165, 1.54) is 0 Å². The molecule has 0 aromatic heterocycles. The monoisotopic (exact) mass is 277 g/mol. The van der Waals surface area contributed by atoms with E-state index in [0.29, 0.717) is 30.8 Å². The topological polar surface area (TPSA) is 99.0 Å². The van der Waals surface area contributed by atoms with Gasteiger partial charge in [0, 0.05) is 0 Å². The number of carboxylic acids is 1. The van der Waals surface area contributed by atoms with Crippen molar-refractivity contribution in [2.45, 2.75) is 31.7 Å². The third kappa shape index (κ3) is 3.62. The summed E-state index contributed by atoms with van der Waals surface area (Å²) in [7, 11) is -2.27. The Morgan fingerprint density at radius 3 is 2.72 bits per heavy atom. The fraction of sp³-hybridized carbons (Fsp3) is 0.909. The van der Waals surface area contributed by atoms with Gasteiger partial charge in [0.15, 0.2) is 0 Å². The molecular formula is C11H20NO5P. The van der Waals surface area contributed by atoms with Crippen molar-refractivity contribution in [2.75, 3.05) is 13.2 Å². The molecule has 104 valence electrons. The van der Waals surface area contributed by atoms with Gasteiger partial charge in [-0.3, -0.25) is 4.79 Å². The average molecular weight is 277 g/mol. The van der Waals surface area contributed by atoms with Crippen molar-refractivity contribution in [3.63, 3.8) is 0 Å². The first-order valence-electron chi connectivity index (χ1n) is 6.33. The SMILES string of the molecule is O=C(O)[C@@H]1C[C@H]2C[C@@H](COP(O)O)CC[C@H]2CN1. The first-order valence-corrected chi connectivity index (χ1v) is 7.49. The molecule has 0 bridgehead atoms. The Kier molecular flexibility index (Phi) is 4.92. The van der Waals surface area contributed by atoms with Crippen molar-refractivity contribution < 1.29 is 24.2 Å². The number of aliphatic carboxylic acids is 1. The van der Waals surface area contributed by atoms with Crippen LogP contribution in [0.3, 0.4) is 0 Å². The minimum absolute atomic E-state index is 0.322. The van der Waals surface area contributed by atoms with Gasteiger partial charge in [-0.25, -0.2) is 0 Å². The second kappa shape index (κ2) is 6.26. The largest absolute Gasteiger partial charge is 0.480 e. The van der Waals surface area contributed by atoms with Crippen molar-refractivity contribution in [2.24, 2.45) is 17.8 Å². The van der Waals surface area contributed by atoms with Crippen LogP contribution in [0.5, 0.6) is 0 Å². The fourth-order valence-corrected chi connectivity index (χ4v) is 3.52. The molecule has 1 saturated carbocycles. The smallest absolute Gasteiger partial charge is 0.327 e. The predicted molar refractivity (Wildman–Crippen MR) is 65.7 cm³/mol. The zero-order valence-corrected chi connectivity index (χ0v) is 11.1. The summed E-state index contributed by atoms with van der Waals surface area (Å²) in [5.41, 5.74) is 0. The van der Waals surface area contributed by atoms with E-state index in [4.69, 9.17) is 19.4 Å². The fourth-order valence-electron chi connectivity index (χ4n) is 3.17. The highest BCUT2D eigenvalue weighted by molar-refractivity contribution is 7.39. The molecule has 4 N–H and O–H groups in total. The number of rotatable bonds is 4. The van der Waals surface area contributed by atoms with Crippen LogP contribution < -0.4 is 5.32 Å². The Hall–Kier alpha value is -0.260. The summed E-state index contributed by atoms with van der Waals surface area (Å²) in [5.74, 6) is 0.518. The van der Waals surface area contributed by atoms with Crippen LogP contribution in [0.25, 0.3) is 0 Å². The van der Waals surface area contributed by atoms with Gasteiger partial charge in [-0.1, -0.05) is 0 Å². The predicted octanol–water partition coefficient (Wildman–Crippen LogP) is 0.694. The Labute approximate surface area is 107 Å². The van der Waals surface area contributed by atoms with E-state index in [1.54, 1.807) is 0 Å². The summed E-state index contributed by atoms with van der Waals surface area (Å²) >= 11 is 0. The van der Waals surface area contributed by atoms with Crippen LogP contribution in [0, 0.1) is 17.8 Å². The molecule has 1 heterocycles. The zero-order chi connectivity index (χ0) is 13.1. The van der Waals surface area contributed by atoms with Crippen LogP contribution in [0.15, 0.2) is 0 Å². The lowest BCUT2D eigenvalue weighted by atomic mass is 9.70. The van der Waals surface area contributed by atoms with Gasteiger partial charge in [-0.05, 0) is 50.0 Å². The molecule has 1 saturated heterocycles. The highest BCUT2D eigenvalue weighted by Crippen LogP contribution is 2.40. The van der Waals surface area contributed by atoms with Gasteiger partial charge >= 0.3 is 14.6 Å². The summed E-state index contributed by atoms with van der Waals surface area (Å²) in [6.45, 7) is 1.15. The van der Waals surface area contributed by atoms with Crippen LogP contribution >= 0.6 is 8.60 Å². The molecule has 1 aliphatic heterocycles. The van der Waals surface area contributed by atoms with E-state index in [9.17, 15) is 4.79 Å². The molecule has 1 aliphatic carbocycles. The first kappa shape index (κ1) is 14.2. The molecule has 0 unspecified atom stereocenters. The van der Waals surface area contributed by atoms with Gasteiger partial charge in [0.1, 0.15) is 6.04 Å². The average Bonchev–Trinajstić information content (AvgIpc) is 2.35. The molecule has 2 fully saturated rings. The Morgan fingerprint density at radius 2 is 2.06 bits per heavy atom. The molecule has 0 radical (unpaired) electrons. The number of carboxylic acid groups (broad SMARTS) is 1. The third-order valence-corrected chi connectivity index (χ3v) is 4.52. The Morgan fingerprint density at radius 1 is 1.28 bits per heavy atom. The molecule has 2 rings (SSSR count). The molecule has 2 aliphatic rings. The lowest BCUT2D eigenvalue weighted by Crippen LogP contribution is -2.49. The minimum Gasteiger partial charge on any atom is -0.480 e. The van der Waals surface area contributed by atoms with Crippen LogP contribution in [-0.4, -0.2) is 40.1 Å². The maximum absolute atomic E-state index is 11.0. The molecule has 0 amide bonds. The van der Waals surface area contributed by atoms with Crippen LogP contribution in [-0.2, 0) is 9.32 Å². The van der Waals surface area contributed by atoms with Gasteiger partial charge in [0.2, 0.25) is 0 Å². The third-order valence-electron chi connectivity index (χ3n) is 4.14. The zero-order valence-electron chi connectivity index (χ0n) is 10.2. The van der Waals surface area contributed by atoms with Crippen LogP contribution in [0.4, 0.5) is 0 Å². The highest BCUT2D eigenvalue weighted by Gasteiger charge is 2.37. The molecule has 4 atom stereocenters. The number of nitrogens with one attached hydrogen (secondary N) is 1. The second-order valence-electron chi connectivity index (χ2n) is 5.28. The van der Waals surface area contributed by atoms with Crippen molar-refractivity contribution in [3.8, 4) is 0 Å². The van der Waals surface area contributed by atoms with E-state index in [2.05, 4.69) is 5.32 Å². The summed E-state index contributed by atoms with van der Waals surface area (Å²) < 4.78 is 4.88. The maximum atomic E-state index is 11.0. The van der Waals surface area contributed by atoms with E-state index in [0.717, 1.165) is 25.8 Å². The molecule has 7 heteroatoms. The second-order valence-corrected chi connectivity index (χ2v) is 6.05. The number of hydrogen-bond acceptors (Lipinski definition) is 5. The molecule has 0 aromatic carbocycles. The Balaban J connectivity index is 1.84. The number of piperidine rings is 1. The lowest BCUT2D eigenvalue weighted by Gasteiger charge is -2.41. The standard InChI is InChI=1S/C11H20NO5P/c13-11(14)10-4-9-3-7(6-17-18(15)16)1-2-8(9)5-12-10/h7-10,12,15-16H,1-6H2,(H,13,14)/t7-,8-,9+,10-/m0/s1. The van der Waals surface area contributed by atoms with Crippen LogP contribution in [0.1, 0.15) is 25.7 Å². The molecule has 18 heavy (non-hydrogen) atoms. The van der Waals surface area contributed by atoms with Crippen LogP contribution in [0.2, 0.25) is 0 Å². The van der Waals surface area contributed by atoms with Gasteiger partial charge in [0.25, 0.3) is 0 Å². The summed E-state index contributed by atoms with van der Waals surface area (Å²) in [6, 6.07) is -0.432. The maximum Gasteiger partial charge on any atom is 0.327 e. The lowest BCUT2D eigenvalue weighted by molar-refractivity contribution is -0.141. The molecule has 0 spiro atoms. The van der Waals surface area contributed by atoms with E-state index >= 15 is 0 Å². The summed E-state index contributed by atoms with van der Waals surface area (Å²) in [6.07, 6.45) is 3.68. The number of hydrogen-bond donors (Lipinski definition) is 4. The van der Waals surface area contributed by atoms with Crippen molar-refractivity contribution in [1.29, 1.82) is 0 Å². The quantitative estimate of drug-likeness (QED) is 0.564. The van der Waals surface area contributed by atoms with E-state index in [-0.39, 0.29) is 0 Å². The van der Waals surface area contributed by atoms with Gasteiger partial charge in [0.05, 0.1) is 6.61 Å². The first-order chi connectivity index (χ1) is 8.56. The highest BCUT2D eigenvalue weighted by atomic mass is 31.2.